The second kappa shape index (κ2) is 9.22. The number of esters is 2. The van der Waals surface area contributed by atoms with E-state index in [1.165, 1.54) is 11.3 Å². The summed E-state index contributed by atoms with van der Waals surface area (Å²) in [4.78, 5) is 36.7. The highest BCUT2D eigenvalue weighted by Crippen LogP contribution is 2.29. The van der Waals surface area contributed by atoms with Crippen molar-refractivity contribution in [3.05, 3.63) is 51.9 Å². The summed E-state index contributed by atoms with van der Waals surface area (Å²) in [7, 11) is 0. The van der Waals surface area contributed by atoms with Crippen molar-refractivity contribution in [3.63, 3.8) is 0 Å². The molecule has 2 rings (SSSR count). The number of rotatable bonds is 7. The lowest BCUT2D eigenvalue weighted by Gasteiger charge is -2.07. The molecule has 0 atom stereocenters. The van der Waals surface area contributed by atoms with E-state index in [0.29, 0.717) is 12.5 Å². The molecule has 0 spiro atoms. The number of anilines is 1. The third kappa shape index (κ3) is 5.33. The zero-order valence-electron chi connectivity index (χ0n) is 14.6. The van der Waals surface area contributed by atoms with Gasteiger partial charge >= 0.3 is 11.9 Å². The first-order valence-electron chi connectivity index (χ1n) is 8.07. The van der Waals surface area contributed by atoms with E-state index >= 15 is 0 Å². The van der Waals surface area contributed by atoms with Crippen LogP contribution >= 0.6 is 11.3 Å². The van der Waals surface area contributed by atoms with Crippen molar-refractivity contribution in [3.8, 4) is 0 Å². The predicted octanol–water partition coefficient (Wildman–Crippen LogP) is 3.56. The van der Waals surface area contributed by atoms with Crippen LogP contribution in [0.4, 0.5) is 13.8 Å². The van der Waals surface area contributed by atoms with Crippen LogP contribution in [0.2, 0.25) is 0 Å². The van der Waals surface area contributed by atoms with E-state index in [0.717, 1.165) is 17.0 Å². The SMILES string of the molecule is CCOC(=O)c1cc(CC)sc1NC(=O)COC(=O)c1ccc(F)cc1F. The summed E-state index contributed by atoms with van der Waals surface area (Å²) in [6.45, 7) is 3.05. The molecule has 6 nitrogen and oxygen atoms in total. The van der Waals surface area contributed by atoms with Crippen LogP contribution in [0.3, 0.4) is 0 Å². The number of hydrogen-bond donors (Lipinski definition) is 1. The van der Waals surface area contributed by atoms with Crippen molar-refractivity contribution in [1.82, 2.24) is 0 Å². The molecular weight excluding hydrogens is 380 g/mol. The Balaban J connectivity index is 2.02. The van der Waals surface area contributed by atoms with Gasteiger partial charge in [0.2, 0.25) is 0 Å². The average Bonchev–Trinajstić information content (AvgIpc) is 3.03. The number of amides is 1. The van der Waals surface area contributed by atoms with E-state index in [4.69, 9.17) is 9.47 Å². The first kappa shape index (κ1) is 20.5. The van der Waals surface area contributed by atoms with Crippen LogP contribution in [-0.2, 0) is 20.7 Å². The number of nitrogens with one attached hydrogen (secondary N) is 1. The quantitative estimate of drug-likeness (QED) is 0.723. The molecule has 0 saturated heterocycles. The topological polar surface area (TPSA) is 81.7 Å². The lowest BCUT2D eigenvalue weighted by atomic mass is 10.2. The van der Waals surface area contributed by atoms with Crippen LogP contribution in [0, 0.1) is 11.6 Å². The maximum absolute atomic E-state index is 13.5. The molecule has 1 heterocycles. The number of ether oxygens (including phenoxy) is 2. The van der Waals surface area contributed by atoms with Crippen LogP contribution in [0.1, 0.15) is 39.4 Å². The van der Waals surface area contributed by atoms with Gasteiger partial charge in [0.25, 0.3) is 5.91 Å². The molecule has 0 aliphatic rings. The molecule has 0 aliphatic carbocycles. The zero-order valence-corrected chi connectivity index (χ0v) is 15.5. The third-order valence-electron chi connectivity index (χ3n) is 3.37. The number of halogens is 2. The van der Waals surface area contributed by atoms with Gasteiger partial charge in [-0.15, -0.1) is 11.3 Å². The van der Waals surface area contributed by atoms with Crippen LogP contribution < -0.4 is 5.32 Å². The molecule has 1 aromatic heterocycles. The van der Waals surface area contributed by atoms with Crippen molar-refractivity contribution >= 4 is 34.2 Å². The van der Waals surface area contributed by atoms with E-state index < -0.39 is 41.7 Å². The lowest BCUT2D eigenvalue weighted by Crippen LogP contribution is -2.22. The van der Waals surface area contributed by atoms with Gasteiger partial charge in [-0.05, 0) is 31.5 Å². The van der Waals surface area contributed by atoms with E-state index in [1.54, 1.807) is 13.0 Å². The number of hydrogen-bond acceptors (Lipinski definition) is 6. The summed E-state index contributed by atoms with van der Waals surface area (Å²) in [6, 6.07) is 4.00. The van der Waals surface area contributed by atoms with E-state index in [1.807, 2.05) is 6.92 Å². The fourth-order valence-electron chi connectivity index (χ4n) is 2.10. The minimum absolute atomic E-state index is 0.185. The standard InChI is InChI=1S/C18H17F2NO5S/c1-3-11-8-13(18(24)25-4-2)16(27-11)21-15(22)9-26-17(23)12-6-5-10(19)7-14(12)20/h5-8H,3-4,9H2,1-2H3,(H,21,22). The van der Waals surface area contributed by atoms with E-state index in [9.17, 15) is 23.2 Å². The molecule has 0 bridgehead atoms. The summed E-state index contributed by atoms with van der Waals surface area (Å²) in [5.74, 6) is -4.31. The fraction of sp³-hybridized carbons (Fsp3) is 0.278. The van der Waals surface area contributed by atoms with Gasteiger partial charge in [0, 0.05) is 10.9 Å². The van der Waals surface area contributed by atoms with Gasteiger partial charge in [-0.1, -0.05) is 6.92 Å². The van der Waals surface area contributed by atoms with Crippen LogP contribution in [0.5, 0.6) is 0 Å². The second-order valence-electron chi connectivity index (χ2n) is 5.28. The Morgan fingerprint density at radius 3 is 2.37 bits per heavy atom. The van der Waals surface area contributed by atoms with Gasteiger partial charge < -0.3 is 14.8 Å². The maximum Gasteiger partial charge on any atom is 0.341 e. The smallest absolute Gasteiger partial charge is 0.341 e. The monoisotopic (exact) mass is 397 g/mol. The highest BCUT2D eigenvalue weighted by Gasteiger charge is 2.20. The third-order valence-corrected chi connectivity index (χ3v) is 4.56. The molecular formula is C18H17F2NO5S. The van der Waals surface area contributed by atoms with Crippen LogP contribution in [0.15, 0.2) is 24.3 Å². The summed E-state index contributed by atoms with van der Waals surface area (Å²) in [5, 5.41) is 2.76. The molecule has 1 aromatic carbocycles. The van der Waals surface area contributed by atoms with Gasteiger partial charge in [-0.25, -0.2) is 18.4 Å². The van der Waals surface area contributed by atoms with Crippen molar-refractivity contribution < 1.29 is 32.6 Å². The Bertz CT molecular complexity index is 865. The number of aryl methyl sites for hydroxylation is 1. The molecule has 1 N–H and O–H groups in total. The highest BCUT2D eigenvalue weighted by molar-refractivity contribution is 7.16. The molecule has 27 heavy (non-hydrogen) atoms. The fourth-order valence-corrected chi connectivity index (χ4v) is 3.10. The second-order valence-corrected chi connectivity index (χ2v) is 6.41. The van der Waals surface area contributed by atoms with Crippen molar-refractivity contribution in [1.29, 1.82) is 0 Å². The Hall–Kier alpha value is -2.81. The van der Waals surface area contributed by atoms with Gasteiger partial charge in [-0.3, -0.25) is 4.79 Å². The van der Waals surface area contributed by atoms with Crippen LogP contribution in [-0.4, -0.2) is 31.1 Å². The number of benzene rings is 1. The first-order chi connectivity index (χ1) is 12.8. The molecule has 2 aromatic rings. The molecule has 144 valence electrons. The maximum atomic E-state index is 13.5. The van der Waals surface area contributed by atoms with E-state index in [2.05, 4.69) is 5.32 Å². The number of carbonyl (C=O) groups is 3. The average molecular weight is 397 g/mol. The molecule has 9 heteroatoms. The van der Waals surface area contributed by atoms with Crippen LogP contribution in [0.25, 0.3) is 0 Å². The largest absolute Gasteiger partial charge is 0.462 e. The Morgan fingerprint density at radius 1 is 1.04 bits per heavy atom. The van der Waals surface area contributed by atoms with Crippen molar-refractivity contribution in [2.24, 2.45) is 0 Å². The molecule has 0 unspecified atom stereocenters. The van der Waals surface area contributed by atoms with Gasteiger partial charge in [-0.2, -0.15) is 0 Å². The van der Waals surface area contributed by atoms with Crippen molar-refractivity contribution in [2.45, 2.75) is 20.3 Å². The molecule has 0 radical (unpaired) electrons. The molecule has 0 saturated carbocycles. The Labute approximate surface area is 158 Å². The summed E-state index contributed by atoms with van der Waals surface area (Å²) >= 11 is 1.20. The minimum atomic E-state index is -1.10. The predicted molar refractivity (Wildman–Crippen MR) is 94.9 cm³/mol. The molecule has 0 fully saturated rings. The Kier molecular flexibility index (Phi) is 7.00. The normalized spacial score (nSPS) is 10.4. The highest BCUT2D eigenvalue weighted by atomic mass is 32.1. The van der Waals surface area contributed by atoms with Gasteiger partial charge in [0.05, 0.1) is 17.7 Å². The first-order valence-corrected chi connectivity index (χ1v) is 8.89. The lowest BCUT2D eigenvalue weighted by molar-refractivity contribution is -0.119. The van der Waals surface area contributed by atoms with Crippen molar-refractivity contribution in [2.75, 3.05) is 18.5 Å². The minimum Gasteiger partial charge on any atom is -0.462 e. The number of carbonyl (C=O) groups excluding carboxylic acids is 3. The van der Waals surface area contributed by atoms with Gasteiger partial charge in [0.1, 0.15) is 16.6 Å². The summed E-state index contributed by atoms with van der Waals surface area (Å²) in [6.07, 6.45) is 0.659. The van der Waals surface area contributed by atoms with Gasteiger partial charge in [0.15, 0.2) is 6.61 Å². The molecule has 1 amide bonds. The Morgan fingerprint density at radius 2 is 1.74 bits per heavy atom. The molecule has 0 aliphatic heterocycles. The zero-order chi connectivity index (χ0) is 20.0. The summed E-state index contributed by atoms with van der Waals surface area (Å²) < 4.78 is 36.1. The van der Waals surface area contributed by atoms with E-state index in [-0.39, 0.29) is 17.2 Å². The summed E-state index contributed by atoms with van der Waals surface area (Å²) in [5.41, 5.74) is -0.274. The number of thiophene rings is 1.